The second-order valence-corrected chi connectivity index (χ2v) is 5.07. The van der Waals surface area contributed by atoms with E-state index in [0.717, 1.165) is 0 Å². The van der Waals surface area contributed by atoms with Crippen molar-refractivity contribution in [3.05, 3.63) is 0 Å². The fraction of sp³-hybridized carbons (Fsp3) is 0.833. The number of amides is 1. The van der Waals surface area contributed by atoms with Gasteiger partial charge in [-0.25, -0.2) is 4.79 Å². The monoisotopic (exact) mass is 258 g/mol. The number of carboxylic acids is 1. The van der Waals surface area contributed by atoms with E-state index >= 15 is 0 Å². The molecule has 1 fully saturated rings. The van der Waals surface area contributed by atoms with Crippen molar-refractivity contribution < 1.29 is 19.4 Å². The summed E-state index contributed by atoms with van der Waals surface area (Å²) in [5, 5.41) is 11.5. The van der Waals surface area contributed by atoms with Crippen molar-refractivity contribution in [2.45, 2.75) is 38.3 Å². The van der Waals surface area contributed by atoms with Crippen LogP contribution in [0.1, 0.15) is 26.7 Å². The number of likely N-dealkylation sites (N-methyl/N-ethyl adjacent to an activating group) is 1. The summed E-state index contributed by atoms with van der Waals surface area (Å²) < 4.78 is 5.23. The van der Waals surface area contributed by atoms with E-state index in [1.54, 1.807) is 11.9 Å². The molecule has 1 aliphatic heterocycles. The Bertz CT molecular complexity index is 309. The molecule has 0 aliphatic carbocycles. The van der Waals surface area contributed by atoms with E-state index in [2.05, 4.69) is 5.32 Å². The first-order valence-electron chi connectivity index (χ1n) is 6.18. The molecule has 0 bridgehead atoms. The second kappa shape index (κ2) is 6.15. The number of rotatable bonds is 5. The predicted octanol–water partition coefficient (Wildman–Crippen LogP) is 0.0766. The molecule has 0 atom stereocenters. The number of ether oxygens (including phenoxy) is 1. The van der Waals surface area contributed by atoms with Gasteiger partial charge in [0, 0.05) is 13.1 Å². The molecule has 1 amide bonds. The van der Waals surface area contributed by atoms with Gasteiger partial charge in [-0.15, -0.1) is 0 Å². The lowest BCUT2D eigenvalue weighted by Crippen LogP contribution is -2.55. The Labute approximate surface area is 107 Å². The highest BCUT2D eigenvalue weighted by Crippen LogP contribution is 2.17. The maximum Gasteiger partial charge on any atom is 0.329 e. The fourth-order valence-corrected chi connectivity index (χ4v) is 1.92. The number of likely N-dealkylation sites (tertiary alicyclic amines) is 1. The number of carboxylic acid groups (broad SMARTS) is 1. The number of hydrogen-bond donors (Lipinski definition) is 2. The highest BCUT2D eigenvalue weighted by atomic mass is 16.5. The number of carbonyl (C=O) groups is 2. The van der Waals surface area contributed by atoms with Crippen LogP contribution in [-0.4, -0.2) is 60.3 Å². The zero-order chi connectivity index (χ0) is 13.8. The van der Waals surface area contributed by atoms with Crippen LogP contribution in [0.4, 0.5) is 0 Å². The van der Waals surface area contributed by atoms with E-state index in [0.29, 0.717) is 25.9 Å². The summed E-state index contributed by atoms with van der Waals surface area (Å²) in [6.07, 6.45) is 1.33. The third kappa shape index (κ3) is 3.96. The Balaban J connectivity index is 2.39. The van der Waals surface area contributed by atoms with E-state index in [9.17, 15) is 9.59 Å². The van der Waals surface area contributed by atoms with Crippen LogP contribution in [0.2, 0.25) is 0 Å². The summed E-state index contributed by atoms with van der Waals surface area (Å²) in [7, 11) is 1.76. The minimum atomic E-state index is -0.954. The molecule has 1 heterocycles. The molecule has 0 aromatic carbocycles. The molecule has 0 radical (unpaired) electrons. The fourth-order valence-electron chi connectivity index (χ4n) is 1.92. The summed E-state index contributed by atoms with van der Waals surface area (Å²) >= 11 is 0. The molecular formula is C12H22N2O4. The SMILES string of the molecule is CNC(C)(C)C(=O)N1CCC(OCC(=O)O)CC1. The van der Waals surface area contributed by atoms with Gasteiger partial charge in [0.2, 0.25) is 5.91 Å². The number of nitrogens with one attached hydrogen (secondary N) is 1. The Kier molecular flexibility index (Phi) is 5.10. The van der Waals surface area contributed by atoms with Crippen LogP contribution < -0.4 is 5.32 Å². The summed E-state index contributed by atoms with van der Waals surface area (Å²) in [5.41, 5.74) is -0.561. The van der Waals surface area contributed by atoms with Gasteiger partial charge in [0.1, 0.15) is 6.61 Å². The molecular weight excluding hydrogens is 236 g/mol. The molecule has 1 rings (SSSR count). The van der Waals surface area contributed by atoms with Crippen molar-refractivity contribution in [3.63, 3.8) is 0 Å². The zero-order valence-corrected chi connectivity index (χ0v) is 11.2. The van der Waals surface area contributed by atoms with Crippen LogP contribution in [0.25, 0.3) is 0 Å². The summed E-state index contributed by atoms with van der Waals surface area (Å²) in [5.74, 6) is -0.883. The van der Waals surface area contributed by atoms with E-state index in [-0.39, 0.29) is 18.6 Å². The van der Waals surface area contributed by atoms with Crippen LogP contribution in [-0.2, 0) is 14.3 Å². The molecule has 1 saturated heterocycles. The number of carbonyl (C=O) groups excluding carboxylic acids is 1. The number of aliphatic carboxylic acids is 1. The van der Waals surface area contributed by atoms with Crippen molar-refractivity contribution >= 4 is 11.9 Å². The van der Waals surface area contributed by atoms with Crippen molar-refractivity contribution in [3.8, 4) is 0 Å². The van der Waals surface area contributed by atoms with Crippen LogP contribution >= 0.6 is 0 Å². The maximum absolute atomic E-state index is 12.2. The minimum Gasteiger partial charge on any atom is -0.480 e. The second-order valence-electron chi connectivity index (χ2n) is 5.07. The van der Waals surface area contributed by atoms with E-state index in [1.165, 1.54) is 0 Å². The number of piperidine rings is 1. The molecule has 18 heavy (non-hydrogen) atoms. The molecule has 0 unspecified atom stereocenters. The molecule has 6 nitrogen and oxygen atoms in total. The minimum absolute atomic E-state index is 0.0529. The Morgan fingerprint density at radius 2 is 1.94 bits per heavy atom. The summed E-state index contributed by atoms with van der Waals surface area (Å²) in [6, 6.07) is 0. The number of nitrogens with zero attached hydrogens (tertiary/aromatic N) is 1. The van der Waals surface area contributed by atoms with Crippen LogP contribution in [0.15, 0.2) is 0 Å². The first-order chi connectivity index (χ1) is 8.36. The first kappa shape index (κ1) is 14.9. The van der Waals surface area contributed by atoms with E-state index in [1.807, 2.05) is 13.8 Å². The standard InChI is InChI=1S/C12H22N2O4/c1-12(2,13-3)11(17)14-6-4-9(5-7-14)18-8-10(15)16/h9,13H,4-8H2,1-3H3,(H,15,16). The van der Waals surface area contributed by atoms with Crippen molar-refractivity contribution in [2.75, 3.05) is 26.7 Å². The zero-order valence-electron chi connectivity index (χ0n) is 11.2. The van der Waals surface area contributed by atoms with Gasteiger partial charge < -0.3 is 20.1 Å². The molecule has 0 aromatic rings. The smallest absolute Gasteiger partial charge is 0.329 e. The Hall–Kier alpha value is -1.14. The van der Waals surface area contributed by atoms with Crippen molar-refractivity contribution in [1.82, 2.24) is 10.2 Å². The molecule has 0 saturated carbocycles. The summed E-state index contributed by atoms with van der Waals surface area (Å²) in [6.45, 7) is 4.67. The third-order valence-electron chi connectivity index (χ3n) is 3.33. The van der Waals surface area contributed by atoms with Gasteiger partial charge in [-0.3, -0.25) is 4.79 Å². The van der Waals surface area contributed by atoms with Gasteiger partial charge in [0.15, 0.2) is 0 Å². The lowest BCUT2D eigenvalue weighted by atomic mass is 10.0. The molecule has 0 spiro atoms. The average molecular weight is 258 g/mol. The van der Waals surface area contributed by atoms with Gasteiger partial charge in [-0.1, -0.05) is 0 Å². The highest BCUT2D eigenvalue weighted by molar-refractivity contribution is 5.85. The van der Waals surface area contributed by atoms with Crippen LogP contribution in [0.3, 0.4) is 0 Å². The van der Waals surface area contributed by atoms with Gasteiger partial charge in [0.25, 0.3) is 0 Å². The normalized spacial score (nSPS) is 17.8. The molecule has 0 aromatic heterocycles. The molecule has 6 heteroatoms. The lowest BCUT2D eigenvalue weighted by molar-refractivity contribution is -0.147. The van der Waals surface area contributed by atoms with E-state index in [4.69, 9.17) is 9.84 Å². The Morgan fingerprint density at radius 3 is 2.39 bits per heavy atom. The molecule has 2 N–H and O–H groups in total. The molecule has 104 valence electrons. The average Bonchev–Trinajstić information content (AvgIpc) is 2.36. The van der Waals surface area contributed by atoms with Crippen LogP contribution in [0, 0.1) is 0 Å². The van der Waals surface area contributed by atoms with Crippen molar-refractivity contribution in [1.29, 1.82) is 0 Å². The van der Waals surface area contributed by atoms with Gasteiger partial charge >= 0.3 is 5.97 Å². The van der Waals surface area contributed by atoms with Crippen molar-refractivity contribution in [2.24, 2.45) is 0 Å². The number of hydrogen-bond acceptors (Lipinski definition) is 4. The topological polar surface area (TPSA) is 78.9 Å². The Morgan fingerprint density at radius 1 is 1.39 bits per heavy atom. The van der Waals surface area contributed by atoms with Gasteiger partial charge in [-0.2, -0.15) is 0 Å². The quantitative estimate of drug-likeness (QED) is 0.730. The van der Waals surface area contributed by atoms with Gasteiger partial charge in [0.05, 0.1) is 11.6 Å². The highest BCUT2D eigenvalue weighted by Gasteiger charge is 2.32. The largest absolute Gasteiger partial charge is 0.480 e. The van der Waals surface area contributed by atoms with E-state index < -0.39 is 11.5 Å². The van der Waals surface area contributed by atoms with Crippen LogP contribution in [0.5, 0.6) is 0 Å². The lowest BCUT2D eigenvalue weighted by Gasteiger charge is -2.36. The predicted molar refractivity (Wildman–Crippen MR) is 66.3 cm³/mol. The van der Waals surface area contributed by atoms with Gasteiger partial charge in [-0.05, 0) is 33.7 Å². The first-order valence-corrected chi connectivity index (χ1v) is 6.18. The maximum atomic E-state index is 12.2. The summed E-state index contributed by atoms with van der Waals surface area (Å²) in [4.78, 5) is 24.3. The molecule has 1 aliphatic rings. The third-order valence-corrected chi connectivity index (χ3v) is 3.33.